The van der Waals surface area contributed by atoms with Crippen molar-refractivity contribution in [2.45, 2.75) is 42.7 Å². The largest absolute Gasteiger partial charge is 0.353 e. The first-order chi connectivity index (χ1) is 12.9. The average molecular weight is 405 g/mol. The van der Waals surface area contributed by atoms with Gasteiger partial charge in [-0.15, -0.1) is 0 Å². The Balaban J connectivity index is 1.68. The number of amides is 1. The van der Waals surface area contributed by atoms with E-state index in [1.54, 1.807) is 12.1 Å². The smallest absolute Gasteiger partial charge is 0.243 e. The molecule has 0 unspecified atom stereocenters. The van der Waals surface area contributed by atoms with E-state index in [9.17, 15) is 13.2 Å². The van der Waals surface area contributed by atoms with Crippen LogP contribution < -0.4 is 5.32 Å². The molecule has 1 N–H and O–H groups in total. The molecule has 1 amide bonds. The molecule has 2 aliphatic rings. The fourth-order valence-corrected chi connectivity index (χ4v) is 5.29. The lowest BCUT2D eigenvalue weighted by Gasteiger charge is -2.36. The molecular weight excluding hydrogens is 384 g/mol. The number of hydrogen-bond acceptors (Lipinski definition) is 3. The molecule has 0 aromatic heterocycles. The minimum absolute atomic E-state index is 0.101. The summed E-state index contributed by atoms with van der Waals surface area (Å²) in [5.74, 6) is -0.101. The van der Waals surface area contributed by atoms with Gasteiger partial charge in [0.1, 0.15) is 0 Å². The highest BCUT2D eigenvalue weighted by atomic mass is 35.5. The van der Waals surface area contributed by atoms with Crippen molar-refractivity contribution in [3.8, 4) is 0 Å². The summed E-state index contributed by atoms with van der Waals surface area (Å²) in [6.45, 7) is 0.351. The molecule has 1 aliphatic carbocycles. The number of nitrogens with zero attached hydrogens (tertiary/aromatic N) is 1. The summed E-state index contributed by atoms with van der Waals surface area (Å²) in [6, 6.07) is 13.7. The third kappa shape index (κ3) is 3.88. The van der Waals surface area contributed by atoms with Crippen molar-refractivity contribution < 1.29 is 13.2 Å². The zero-order valence-corrected chi connectivity index (χ0v) is 16.3. The van der Waals surface area contributed by atoms with E-state index in [2.05, 4.69) is 5.32 Å². The number of sulfonamides is 1. The Morgan fingerprint density at radius 2 is 1.81 bits per heavy atom. The van der Waals surface area contributed by atoms with Crippen molar-refractivity contribution >= 4 is 27.5 Å². The summed E-state index contributed by atoms with van der Waals surface area (Å²) in [7, 11) is -3.73. The Morgan fingerprint density at radius 1 is 1.11 bits per heavy atom. The van der Waals surface area contributed by atoms with Crippen LogP contribution in [0.15, 0.2) is 53.4 Å². The summed E-state index contributed by atoms with van der Waals surface area (Å²) >= 11 is 5.90. The summed E-state index contributed by atoms with van der Waals surface area (Å²) in [5.41, 5.74) is 2.01. The highest BCUT2D eigenvalue weighted by Crippen LogP contribution is 2.36. The number of carbonyl (C=O) groups is 1. The zero-order chi connectivity index (χ0) is 19.0. The molecule has 7 heteroatoms. The first-order valence-corrected chi connectivity index (χ1v) is 10.9. The fraction of sp³-hybridized carbons (Fsp3) is 0.350. The van der Waals surface area contributed by atoms with Crippen LogP contribution in [0, 0.1) is 0 Å². The quantitative estimate of drug-likeness (QED) is 0.831. The van der Waals surface area contributed by atoms with E-state index in [0.29, 0.717) is 18.0 Å². The van der Waals surface area contributed by atoms with Crippen LogP contribution >= 0.6 is 11.6 Å². The maximum absolute atomic E-state index is 13.3. The van der Waals surface area contributed by atoms with Crippen LogP contribution in [0.2, 0.25) is 5.02 Å². The van der Waals surface area contributed by atoms with Crippen LogP contribution in [-0.2, 0) is 21.2 Å². The predicted molar refractivity (Wildman–Crippen MR) is 104 cm³/mol. The lowest BCUT2D eigenvalue weighted by Crippen LogP contribution is -2.42. The van der Waals surface area contributed by atoms with Crippen LogP contribution in [-0.4, -0.2) is 31.2 Å². The van der Waals surface area contributed by atoms with Gasteiger partial charge in [-0.3, -0.25) is 4.79 Å². The van der Waals surface area contributed by atoms with Crippen LogP contribution in [0.5, 0.6) is 0 Å². The second kappa shape index (κ2) is 7.26. The molecular formula is C20H21ClN2O3S. The standard InChI is InChI=1S/C20H21ClN2O3S/c21-15-5-9-17(10-6-15)27(25,26)23-12-11-14-3-1-2-4-18(14)19(23)13-20(24)22-16-7-8-16/h1-6,9-10,16,19H,7-8,11-13H2,(H,22,24)/t19-/m1/s1. The maximum Gasteiger partial charge on any atom is 0.243 e. The number of carbonyl (C=O) groups excluding carboxylic acids is 1. The van der Waals surface area contributed by atoms with Gasteiger partial charge in [-0.05, 0) is 54.7 Å². The van der Waals surface area contributed by atoms with Crippen LogP contribution in [0.25, 0.3) is 0 Å². The summed E-state index contributed by atoms with van der Waals surface area (Å²) in [5, 5.41) is 3.46. The van der Waals surface area contributed by atoms with Gasteiger partial charge in [0.2, 0.25) is 15.9 Å². The number of halogens is 1. The third-order valence-corrected chi connectivity index (χ3v) is 7.28. The molecule has 0 bridgehead atoms. The van der Waals surface area contributed by atoms with Gasteiger partial charge in [0, 0.05) is 24.0 Å². The molecule has 1 heterocycles. The summed E-state index contributed by atoms with van der Waals surface area (Å²) < 4.78 is 28.0. The second-order valence-electron chi connectivity index (χ2n) is 7.08. The maximum atomic E-state index is 13.3. The Bertz CT molecular complexity index is 955. The van der Waals surface area contributed by atoms with Gasteiger partial charge < -0.3 is 5.32 Å². The Hall–Kier alpha value is -1.89. The lowest BCUT2D eigenvalue weighted by atomic mass is 9.92. The Labute approximate surface area is 164 Å². The highest BCUT2D eigenvalue weighted by Gasteiger charge is 2.38. The van der Waals surface area contributed by atoms with Gasteiger partial charge >= 0.3 is 0 Å². The van der Waals surface area contributed by atoms with Crippen molar-refractivity contribution in [3.05, 3.63) is 64.7 Å². The van der Waals surface area contributed by atoms with Crippen molar-refractivity contribution in [3.63, 3.8) is 0 Å². The molecule has 1 atom stereocenters. The predicted octanol–water partition coefficient (Wildman–Crippen LogP) is 3.30. The average Bonchev–Trinajstić information content (AvgIpc) is 3.46. The molecule has 2 aromatic carbocycles. The second-order valence-corrected chi connectivity index (χ2v) is 9.41. The topological polar surface area (TPSA) is 66.5 Å². The van der Waals surface area contributed by atoms with Gasteiger partial charge in [-0.1, -0.05) is 35.9 Å². The monoisotopic (exact) mass is 404 g/mol. The fourth-order valence-electron chi connectivity index (χ4n) is 3.56. The molecule has 0 spiro atoms. The number of fused-ring (bicyclic) bond motifs is 1. The van der Waals surface area contributed by atoms with E-state index in [4.69, 9.17) is 11.6 Å². The molecule has 1 fully saturated rings. The molecule has 1 saturated carbocycles. The van der Waals surface area contributed by atoms with Gasteiger partial charge in [0.25, 0.3) is 0 Å². The van der Waals surface area contributed by atoms with E-state index in [0.717, 1.165) is 24.0 Å². The first-order valence-electron chi connectivity index (χ1n) is 9.10. The SMILES string of the molecule is O=C(C[C@@H]1c2ccccc2CCN1S(=O)(=O)c1ccc(Cl)cc1)NC1CC1. The van der Waals surface area contributed by atoms with Gasteiger partial charge in [-0.2, -0.15) is 4.31 Å². The first kappa shape index (κ1) is 18.5. The van der Waals surface area contributed by atoms with Crippen molar-refractivity contribution in [1.29, 1.82) is 0 Å². The molecule has 27 heavy (non-hydrogen) atoms. The Morgan fingerprint density at radius 3 is 2.52 bits per heavy atom. The normalized spacial score (nSPS) is 20.1. The molecule has 2 aromatic rings. The Kier molecular flexibility index (Phi) is 4.97. The number of nitrogens with one attached hydrogen (secondary N) is 1. The minimum Gasteiger partial charge on any atom is -0.353 e. The molecule has 0 radical (unpaired) electrons. The van der Waals surface area contributed by atoms with Crippen molar-refractivity contribution in [2.75, 3.05) is 6.54 Å². The number of hydrogen-bond donors (Lipinski definition) is 1. The van der Waals surface area contributed by atoms with Crippen LogP contribution in [0.1, 0.15) is 36.4 Å². The van der Waals surface area contributed by atoms with Crippen LogP contribution in [0.4, 0.5) is 0 Å². The zero-order valence-electron chi connectivity index (χ0n) is 14.8. The van der Waals surface area contributed by atoms with Gasteiger partial charge in [0.15, 0.2) is 0 Å². The van der Waals surface area contributed by atoms with Gasteiger partial charge in [0.05, 0.1) is 10.9 Å². The van der Waals surface area contributed by atoms with E-state index in [-0.39, 0.29) is 23.3 Å². The van der Waals surface area contributed by atoms with Crippen LogP contribution in [0.3, 0.4) is 0 Å². The van der Waals surface area contributed by atoms with Gasteiger partial charge in [-0.25, -0.2) is 8.42 Å². The minimum atomic E-state index is -3.73. The summed E-state index contributed by atoms with van der Waals surface area (Å²) in [4.78, 5) is 12.7. The van der Waals surface area contributed by atoms with E-state index in [1.807, 2.05) is 24.3 Å². The van der Waals surface area contributed by atoms with E-state index < -0.39 is 16.1 Å². The molecule has 5 nitrogen and oxygen atoms in total. The third-order valence-electron chi connectivity index (χ3n) is 5.10. The van der Waals surface area contributed by atoms with Crippen molar-refractivity contribution in [2.24, 2.45) is 0 Å². The molecule has 0 saturated heterocycles. The number of rotatable bonds is 5. The highest BCUT2D eigenvalue weighted by molar-refractivity contribution is 7.89. The molecule has 4 rings (SSSR count). The van der Waals surface area contributed by atoms with E-state index in [1.165, 1.54) is 16.4 Å². The summed E-state index contributed by atoms with van der Waals surface area (Å²) in [6.07, 6.45) is 2.75. The van der Waals surface area contributed by atoms with E-state index >= 15 is 0 Å². The number of benzene rings is 2. The molecule has 142 valence electrons. The van der Waals surface area contributed by atoms with Crippen molar-refractivity contribution in [1.82, 2.24) is 9.62 Å². The lowest BCUT2D eigenvalue weighted by molar-refractivity contribution is -0.122. The molecule has 1 aliphatic heterocycles.